The topological polar surface area (TPSA) is 30.0 Å². The van der Waals surface area contributed by atoms with E-state index in [1.165, 1.54) is 11.5 Å². The molecule has 0 N–H and O–H groups in total. The second-order valence-corrected chi connectivity index (χ2v) is 3.48. The first-order valence-electron chi connectivity index (χ1n) is 3.82. The van der Waals surface area contributed by atoms with Crippen LogP contribution in [0.1, 0.15) is 5.69 Å². The Balaban J connectivity index is 2.71. The monoisotopic (exact) mass is 189 g/mol. The lowest BCUT2D eigenvalue weighted by molar-refractivity contribution is -0.103. The zero-order valence-electron chi connectivity index (χ0n) is 6.86. The number of nitrogens with zero attached hydrogens (tertiary/aromatic N) is 1. The number of hydrogen-bond donors (Lipinski definition) is 0. The maximum Gasteiger partial charge on any atom is 0.151 e. The Morgan fingerprint density at radius 1 is 1.46 bits per heavy atom. The van der Waals surface area contributed by atoms with Gasteiger partial charge in [-0.25, -0.2) is 0 Å². The number of rotatable bonds is 2. The van der Waals surface area contributed by atoms with Crippen molar-refractivity contribution in [2.45, 2.75) is 0 Å². The van der Waals surface area contributed by atoms with Crippen LogP contribution in [0.5, 0.6) is 0 Å². The van der Waals surface area contributed by atoms with Crippen LogP contribution >= 0.6 is 11.5 Å². The summed E-state index contributed by atoms with van der Waals surface area (Å²) in [6, 6.07) is 7.81. The van der Waals surface area contributed by atoms with Gasteiger partial charge in [0.25, 0.3) is 0 Å². The van der Waals surface area contributed by atoms with Gasteiger partial charge in [0.05, 0.1) is 10.4 Å². The molecule has 0 aliphatic rings. The molecule has 0 unspecified atom stereocenters. The summed E-state index contributed by atoms with van der Waals surface area (Å²) in [6.07, 6.45) is 0.738. The molecule has 1 aromatic heterocycles. The highest BCUT2D eigenvalue weighted by atomic mass is 32.1. The molecule has 0 aliphatic heterocycles. The molecule has 0 radical (unpaired) electrons. The fourth-order valence-electron chi connectivity index (χ4n) is 1.17. The van der Waals surface area contributed by atoms with Crippen molar-refractivity contribution in [3.05, 3.63) is 36.5 Å². The van der Waals surface area contributed by atoms with Crippen LogP contribution in [0.3, 0.4) is 0 Å². The largest absolute Gasteiger partial charge is 0.298 e. The molecular weight excluding hydrogens is 182 g/mol. The lowest BCUT2D eigenvalue weighted by Crippen LogP contribution is -1.82. The number of carbonyl (C=O) groups excluding carboxylic acids is 1. The quantitative estimate of drug-likeness (QED) is 0.536. The van der Waals surface area contributed by atoms with E-state index in [-0.39, 0.29) is 0 Å². The number of carbonyl (C=O) groups is 1. The Bertz CT molecular complexity index is 472. The third-order valence-corrected chi connectivity index (χ3v) is 2.65. The minimum Gasteiger partial charge on any atom is -0.298 e. The van der Waals surface area contributed by atoms with Gasteiger partial charge in [0.2, 0.25) is 0 Å². The smallest absolute Gasteiger partial charge is 0.151 e. The van der Waals surface area contributed by atoms with Gasteiger partial charge >= 0.3 is 0 Å². The standard InChI is InChI=1S/C10H7NOS/c1-7(6-12)10-8-4-2-3-5-9(8)13-11-10/h2-6H,1H2. The fourth-order valence-corrected chi connectivity index (χ4v) is 1.98. The van der Waals surface area contributed by atoms with E-state index < -0.39 is 0 Å². The van der Waals surface area contributed by atoms with Crippen molar-refractivity contribution < 1.29 is 4.79 Å². The fraction of sp³-hybridized carbons (Fsp3) is 0. The summed E-state index contributed by atoms with van der Waals surface area (Å²) >= 11 is 1.39. The molecule has 2 nitrogen and oxygen atoms in total. The Hall–Kier alpha value is -1.48. The Labute approximate surface area is 79.7 Å². The number of hydrogen-bond acceptors (Lipinski definition) is 3. The van der Waals surface area contributed by atoms with Crippen molar-refractivity contribution in [2.24, 2.45) is 0 Å². The van der Waals surface area contributed by atoms with E-state index in [9.17, 15) is 4.79 Å². The van der Waals surface area contributed by atoms with E-state index >= 15 is 0 Å². The average Bonchev–Trinajstić information content (AvgIpc) is 2.60. The van der Waals surface area contributed by atoms with Crippen LogP contribution in [0.4, 0.5) is 0 Å². The van der Waals surface area contributed by atoms with Crippen LogP contribution in [0.25, 0.3) is 15.7 Å². The van der Waals surface area contributed by atoms with Gasteiger partial charge in [-0.05, 0) is 17.6 Å². The lowest BCUT2D eigenvalue weighted by Gasteiger charge is -1.91. The van der Waals surface area contributed by atoms with Gasteiger partial charge in [-0.2, -0.15) is 4.37 Å². The molecule has 0 bridgehead atoms. The molecule has 2 aromatic rings. The Kier molecular flexibility index (Phi) is 1.94. The van der Waals surface area contributed by atoms with E-state index in [2.05, 4.69) is 11.0 Å². The molecule has 2 rings (SSSR count). The highest BCUT2D eigenvalue weighted by Crippen LogP contribution is 2.25. The predicted molar refractivity (Wildman–Crippen MR) is 54.7 cm³/mol. The van der Waals surface area contributed by atoms with Crippen molar-refractivity contribution in [1.82, 2.24) is 4.37 Å². The average molecular weight is 189 g/mol. The van der Waals surface area contributed by atoms with Gasteiger partial charge in [-0.15, -0.1) is 0 Å². The number of allylic oxidation sites excluding steroid dienone is 1. The number of benzene rings is 1. The molecule has 0 saturated carbocycles. The highest BCUT2D eigenvalue weighted by molar-refractivity contribution is 7.13. The van der Waals surface area contributed by atoms with Crippen LogP contribution in [0.15, 0.2) is 30.8 Å². The molecule has 0 amide bonds. The zero-order chi connectivity index (χ0) is 9.26. The normalized spacial score (nSPS) is 10.2. The SMILES string of the molecule is C=C(C=O)c1nsc2ccccc12. The van der Waals surface area contributed by atoms with E-state index in [0.717, 1.165) is 16.4 Å². The van der Waals surface area contributed by atoms with Crippen molar-refractivity contribution in [1.29, 1.82) is 0 Å². The Morgan fingerprint density at radius 2 is 2.23 bits per heavy atom. The molecule has 13 heavy (non-hydrogen) atoms. The maximum atomic E-state index is 10.5. The van der Waals surface area contributed by atoms with Gasteiger partial charge in [0, 0.05) is 11.0 Å². The summed E-state index contributed by atoms with van der Waals surface area (Å²) in [6.45, 7) is 3.64. The zero-order valence-corrected chi connectivity index (χ0v) is 7.67. The third-order valence-electron chi connectivity index (χ3n) is 1.82. The minimum atomic E-state index is 0.442. The van der Waals surface area contributed by atoms with Crippen molar-refractivity contribution in [3.63, 3.8) is 0 Å². The summed E-state index contributed by atoms with van der Waals surface area (Å²) in [5.74, 6) is 0. The van der Waals surface area contributed by atoms with E-state index in [0.29, 0.717) is 11.3 Å². The molecular formula is C10H7NOS. The molecule has 0 saturated heterocycles. The summed E-state index contributed by atoms with van der Waals surface area (Å²) < 4.78 is 5.26. The molecule has 0 fully saturated rings. The predicted octanol–water partition coefficient (Wildman–Crippen LogP) is 2.51. The molecule has 0 spiro atoms. The van der Waals surface area contributed by atoms with Gasteiger partial charge in [-0.3, -0.25) is 4.79 Å². The van der Waals surface area contributed by atoms with Gasteiger partial charge in [0.15, 0.2) is 6.29 Å². The van der Waals surface area contributed by atoms with Crippen molar-refractivity contribution in [2.75, 3.05) is 0 Å². The number of aldehydes is 1. The van der Waals surface area contributed by atoms with Crippen LogP contribution in [0.2, 0.25) is 0 Å². The highest BCUT2D eigenvalue weighted by Gasteiger charge is 2.06. The maximum absolute atomic E-state index is 10.5. The lowest BCUT2D eigenvalue weighted by atomic mass is 10.1. The van der Waals surface area contributed by atoms with Gasteiger partial charge < -0.3 is 0 Å². The van der Waals surface area contributed by atoms with E-state index in [1.807, 2.05) is 24.3 Å². The van der Waals surface area contributed by atoms with Gasteiger partial charge in [-0.1, -0.05) is 24.8 Å². The van der Waals surface area contributed by atoms with Crippen LogP contribution < -0.4 is 0 Å². The third kappa shape index (κ3) is 1.27. The molecule has 1 aromatic carbocycles. The second-order valence-electron chi connectivity index (χ2n) is 2.67. The molecule has 3 heteroatoms. The molecule has 0 aliphatic carbocycles. The van der Waals surface area contributed by atoms with Crippen LogP contribution in [0, 0.1) is 0 Å². The molecule has 64 valence electrons. The summed E-state index contributed by atoms with van der Waals surface area (Å²) in [5, 5.41) is 1.00. The summed E-state index contributed by atoms with van der Waals surface area (Å²) in [7, 11) is 0. The van der Waals surface area contributed by atoms with E-state index in [4.69, 9.17) is 0 Å². The first-order chi connectivity index (χ1) is 6.33. The van der Waals surface area contributed by atoms with Gasteiger partial charge in [0.1, 0.15) is 0 Å². The summed E-state index contributed by atoms with van der Waals surface area (Å²) in [5.41, 5.74) is 1.15. The minimum absolute atomic E-state index is 0.442. The van der Waals surface area contributed by atoms with E-state index in [1.54, 1.807) is 0 Å². The first-order valence-corrected chi connectivity index (χ1v) is 4.59. The second kappa shape index (κ2) is 3.11. The number of fused-ring (bicyclic) bond motifs is 1. The van der Waals surface area contributed by atoms with Crippen LogP contribution in [-0.4, -0.2) is 10.7 Å². The molecule has 0 atom stereocenters. The Morgan fingerprint density at radius 3 is 3.00 bits per heavy atom. The number of aromatic nitrogens is 1. The first kappa shape index (κ1) is 8.13. The molecule has 1 heterocycles. The van der Waals surface area contributed by atoms with Crippen molar-refractivity contribution in [3.8, 4) is 0 Å². The van der Waals surface area contributed by atoms with Crippen LogP contribution in [-0.2, 0) is 4.79 Å². The summed E-state index contributed by atoms with van der Waals surface area (Å²) in [4.78, 5) is 10.5. The van der Waals surface area contributed by atoms with Crippen molar-refractivity contribution >= 4 is 33.5 Å².